The van der Waals surface area contributed by atoms with Crippen LogP contribution in [0, 0.1) is 0 Å². The average Bonchev–Trinajstić information content (AvgIpc) is 2.43. The molecule has 1 aromatic rings. The van der Waals surface area contributed by atoms with Crippen LogP contribution in [-0.4, -0.2) is 17.2 Å². The van der Waals surface area contributed by atoms with E-state index in [1.54, 1.807) is 0 Å². The van der Waals surface area contributed by atoms with Crippen LogP contribution in [0.3, 0.4) is 0 Å². The molecule has 2 N–H and O–H groups in total. The molecule has 0 fully saturated rings. The van der Waals surface area contributed by atoms with Crippen molar-refractivity contribution >= 4 is 35.3 Å². The highest BCUT2D eigenvalue weighted by molar-refractivity contribution is 6.36. The first-order valence-electron chi connectivity index (χ1n) is 7.04. The number of hydrazone groups is 1. The molecule has 0 saturated heterocycles. The Morgan fingerprint density at radius 3 is 2.71 bits per heavy atom. The molecule has 21 heavy (non-hydrogen) atoms. The molecule has 0 saturated carbocycles. The third kappa shape index (κ3) is 6.82. The Morgan fingerprint density at radius 2 is 2.00 bits per heavy atom. The molecular weight excluding hydrogens is 311 g/mol. The predicted octanol–water partition coefficient (Wildman–Crippen LogP) is 4.51. The number of hydrogen-bond acceptors (Lipinski definition) is 3. The fraction of sp³-hybridized carbons (Fsp3) is 0.467. The SMILES string of the molecule is CCCCCCCC(=O)N/N=C\c1cc(Cl)cc(Cl)c1O. The zero-order valence-electron chi connectivity index (χ0n) is 12.0. The number of aromatic hydroxyl groups is 1. The number of amides is 1. The fourth-order valence-electron chi connectivity index (χ4n) is 1.80. The molecular formula is C15H20Cl2N2O2. The number of carbonyl (C=O) groups is 1. The molecule has 0 aromatic heterocycles. The van der Waals surface area contributed by atoms with Crippen LogP contribution in [-0.2, 0) is 4.79 Å². The van der Waals surface area contributed by atoms with Gasteiger partial charge in [0.25, 0.3) is 0 Å². The van der Waals surface area contributed by atoms with Crippen molar-refractivity contribution in [2.75, 3.05) is 0 Å². The maximum Gasteiger partial charge on any atom is 0.240 e. The van der Waals surface area contributed by atoms with Gasteiger partial charge in [0.1, 0.15) is 5.75 Å². The van der Waals surface area contributed by atoms with Crippen LogP contribution in [0.2, 0.25) is 10.0 Å². The highest BCUT2D eigenvalue weighted by atomic mass is 35.5. The topological polar surface area (TPSA) is 61.7 Å². The Hall–Kier alpha value is -1.26. The van der Waals surface area contributed by atoms with Crippen LogP contribution in [0.5, 0.6) is 5.75 Å². The summed E-state index contributed by atoms with van der Waals surface area (Å²) in [6, 6.07) is 2.95. The van der Waals surface area contributed by atoms with Crippen LogP contribution < -0.4 is 5.43 Å². The molecule has 0 spiro atoms. The molecule has 4 nitrogen and oxygen atoms in total. The van der Waals surface area contributed by atoms with Crippen molar-refractivity contribution < 1.29 is 9.90 Å². The van der Waals surface area contributed by atoms with Crippen LogP contribution in [0.4, 0.5) is 0 Å². The van der Waals surface area contributed by atoms with Crippen molar-refractivity contribution in [2.24, 2.45) is 5.10 Å². The van der Waals surface area contributed by atoms with Crippen LogP contribution >= 0.6 is 23.2 Å². The third-order valence-electron chi connectivity index (χ3n) is 2.96. The van der Waals surface area contributed by atoms with Gasteiger partial charge in [-0.3, -0.25) is 4.79 Å². The molecule has 0 heterocycles. The van der Waals surface area contributed by atoms with E-state index in [0.29, 0.717) is 17.0 Å². The molecule has 116 valence electrons. The van der Waals surface area contributed by atoms with Crippen molar-refractivity contribution in [3.8, 4) is 5.75 Å². The van der Waals surface area contributed by atoms with Gasteiger partial charge >= 0.3 is 0 Å². The Labute approximate surface area is 135 Å². The second kappa shape index (κ2) is 9.64. The van der Waals surface area contributed by atoms with Gasteiger partial charge in [-0.15, -0.1) is 0 Å². The minimum Gasteiger partial charge on any atom is -0.506 e. The number of unbranched alkanes of at least 4 members (excludes halogenated alkanes) is 4. The molecule has 0 unspecified atom stereocenters. The van der Waals surface area contributed by atoms with Gasteiger partial charge in [-0.25, -0.2) is 5.43 Å². The Bertz CT molecular complexity index is 505. The smallest absolute Gasteiger partial charge is 0.240 e. The first-order chi connectivity index (χ1) is 10.0. The average molecular weight is 331 g/mol. The summed E-state index contributed by atoms with van der Waals surface area (Å²) >= 11 is 11.6. The quantitative estimate of drug-likeness (QED) is 0.418. The second-order valence-electron chi connectivity index (χ2n) is 4.78. The van der Waals surface area contributed by atoms with E-state index in [2.05, 4.69) is 17.5 Å². The maximum absolute atomic E-state index is 11.5. The maximum atomic E-state index is 11.5. The van der Waals surface area contributed by atoms with E-state index in [4.69, 9.17) is 23.2 Å². The minimum atomic E-state index is -0.143. The number of hydrogen-bond donors (Lipinski definition) is 2. The van der Waals surface area contributed by atoms with Gasteiger partial charge in [0.15, 0.2) is 0 Å². The summed E-state index contributed by atoms with van der Waals surface area (Å²) in [5.41, 5.74) is 2.78. The van der Waals surface area contributed by atoms with E-state index in [1.807, 2.05) is 0 Å². The Kier molecular flexibility index (Phi) is 8.16. The molecule has 0 aliphatic carbocycles. The summed E-state index contributed by atoms with van der Waals surface area (Å²) in [7, 11) is 0. The number of halogens is 2. The first-order valence-corrected chi connectivity index (χ1v) is 7.80. The summed E-state index contributed by atoms with van der Waals surface area (Å²) < 4.78 is 0. The molecule has 1 rings (SSSR count). The lowest BCUT2D eigenvalue weighted by atomic mass is 10.1. The molecule has 0 radical (unpaired) electrons. The summed E-state index contributed by atoms with van der Waals surface area (Å²) in [5.74, 6) is -0.256. The monoisotopic (exact) mass is 330 g/mol. The van der Waals surface area contributed by atoms with Gasteiger partial charge in [-0.1, -0.05) is 55.8 Å². The molecule has 1 aromatic carbocycles. The van der Waals surface area contributed by atoms with E-state index in [0.717, 1.165) is 19.3 Å². The van der Waals surface area contributed by atoms with Crippen molar-refractivity contribution in [2.45, 2.75) is 45.4 Å². The fourth-order valence-corrected chi connectivity index (χ4v) is 2.31. The second-order valence-corrected chi connectivity index (χ2v) is 5.63. The van der Waals surface area contributed by atoms with E-state index < -0.39 is 0 Å². The summed E-state index contributed by atoms with van der Waals surface area (Å²) in [5, 5.41) is 14.0. The third-order valence-corrected chi connectivity index (χ3v) is 3.46. The highest BCUT2D eigenvalue weighted by Gasteiger charge is 2.06. The van der Waals surface area contributed by atoms with Gasteiger partial charge in [-0.05, 0) is 18.6 Å². The summed E-state index contributed by atoms with van der Waals surface area (Å²) in [4.78, 5) is 11.5. The number of phenolic OH excluding ortho intramolecular Hbond substituents is 1. The number of carbonyl (C=O) groups excluding carboxylic acids is 1. The predicted molar refractivity (Wildman–Crippen MR) is 87.2 cm³/mol. The van der Waals surface area contributed by atoms with Gasteiger partial charge in [-0.2, -0.15) is 5.10 Å². The van der Waals surface area contributed by atoms with Crippen LogP contribution in [0.1, 0.15) is 51.0 Å². The number of nitrogens with zero attached hydrogens (tertiary/aromatic N) is 1. The number of rotatable bonds is 8. The molecule has 0 bridgehead atoms. The van der Waals surface area contributed by atoms with Crippen LogP contribution in [0.25, 0.3) is 0 Å². The Balaban J connectivity index is 2.39. The minimum absolute atomic E-state index is 0.112. The molecule has 0 atom stereocenters. The van der Waals surface area contributed by atoms with Crippen molar-refractivity contribution in [1.82, 2.24) is 5.43 Å². The van der Waals surface area contributed by atoms with E-state index in [-0.39, 0.29) is 16.7 Å². The van der Waals surface area contributed by atoms with Gasteiger partial charge < -0.3 is 5.11 Å². The van der Waals surface area contributed by atoms with Crippen LogP contribution in [0.15, 0.2) is 17.2 Å². The lowest BCUT2D eigenvalue weighted by molar-refractivity contribution is -0.121. The highest BCUT2D eigenvalue weighted by Crippen LogP contribution is 2.29. The van der Waals surface area contributed by atoms with Gasteiger partial charge in [0.05, 0.1) is 11.2 Å². The lowest BCUT2D eigenvalue weighted by Gasteiger charge is -2.03. The van der Waals surface area contributed by atoms with Crippen molar-refractivity contribution in [1.29, 1.82) is 0 Å². The zero-order chi connectivity index (χ0) is 15.7. The van der Waals surface area contributed by atoms with Gasteiger partial charge in [0, 0.05) is 17.0 Å². The summed E-state index contributed by atoms with van der Waals surface area (Å²) in [6.45, 7) is 2.15. The summed E-state index contributed by atoms with van der Waals surface area (Å²) in [6.07, 6.45) is 7.22. The lowest BCUT2D eigenvalue weighted by Crippen LogP contribution is -2.16. The van der Waals surface area contributed by atoms with E-state index >= 15 is 0 Å². The van der Waals surface area contributed by atoms with E-state index in [9.17, 15) is 9.90 Å². The number of phenols is 1. The molecule has 1 amide bonds. The normalized spacial score (nSPS) is 11.0. The molecule has 6 heteroatoms. The zero-order valence-corrected chi connectivity index (χ0v) is 13.5. The standard InChI is InChI=1S/C15H20Cl2N2O2/c1-2-3-4-5-6-7-14(20)19-18-10-11-8-12(16)9-13(17)15(11)21/h8-10,21H,2-7H2,1H3,(H,19,20)/b18-10-. The first kappa shape index (κ1) is 17.8. The van der Waals surface area contributed by atoms with Crippen molar-refractivity contribution in [3.63, 3.8) is 0 Å². The molecule has 0 aliphatic heterocycles. The number of nitrogens with one attached hydrogen (secondary N) is 1. The largest absolute Gasteiger partial charge is 0.506 e. The number of benzene rings is 1. The van der Waals surface area contributed by atoms with Gasteiger partial charge in [0.2, 0.25) is 5.91 Å². The molecule has 0 aliphatic rings. The van der Waals surface area contributed by atoms with E-state index in [1.165, 1.54) is 31.2 Å². The Morgan fingerprint density at radius 1 is 1.29 bits per heavy atom. The van der Waals surface area contributed by atoms with Crippen molar-refractivity contribution in [3.05, 3.63) is 27.7 Å².